The van der Waals surface area contributed by atoms with Crippen molar-refractivity contribution in [3.8, 4) is 11.8 Å². The molecule has 0 bridgehead atoms. The van der Waals surface area contributed by atoms with Gasteiger partial charge in [0.25, 0.3) is 0 Å². The molecule has 0 saturated carbocycles. The Morgan fingerprint density at radius 3 is 2.03 bits per heavy atom. The van der Waals surface area contributed by atoms with Gasteiger partial charge in [0.05, 0.1) is 18.6 Å². The van der Waals surface area contributed by atoms with Crippen LogP contribution in [0.2, 0.25) is 0 Å². The van der Waals surface area contributed by atoms with E-state index in [9.17, 15) is 26.7 Å². The topological polar surface area (TPSA) is 59.3 Å². The maximum atomic E-state index is 14.0. The molecule has 0 N–H and O–H groups in total. The van der Waals surface area contributed by atoms with Crippen LogP contribution in [0.15, 0.2) is 36.4 Å². The van der Waals surface area contributed by atoms with Gasteiger partial charge in [-0.1, -0.05) is 24.3 Å². The minimum atomic E-state index is -2.37. The summed E-state index contributed by atoms with van der Waals surface area (Å²) in [6, 6.07) is 11.5. The predicted octanol–water partition coefficient (Wildman–Crippen LogP) is 5.46. The summed E-state index contributed by atoms with van der Waals surface area (Å²) in [5.74, 6) is -12.8. The highest BCUT2D eigenvalue weighted by atomic mass is 19.2. The standard InChI is InChI=1S/C22H14F5NO3/c1-10(11-3-4-13-8-14(30-2)6-5-12(13)7-11)22(29)31-15(9-28)16-17(23)19(25)21(27)20(26)18(16)24/h3-8,10,15H,1-2H3/t10-,15+/m0/s1. The Morgan fingerprint density at radius 1 is 0.903 bits per heavy atom. The summed E-state index contributed by atoms with van der Waals surface area (Å²) in [7, 11) is 1.52. The summed E-state index contributed by atoms with van der Waals surface area (Å²) < 4.78 is 78.0. The molecular weight excluding hydrogens is 421 g/mol. The zero-order valence-electron chi connectivity index (χ0n) is 16.2. The van der Waals surface area contributed by atoms with Crippen LogP contribution in [0.25, 0.3) is 10.8 Å². The van der Waals surface area contributed by atoms with Gasteiger partial charge in [-0.3, -0.25) is 4.79 Å². The summed E-state index contributed by atoms with van der Waals surface area (Å²) in [4.78, 5) is 12.5. The summed E-state index contributed by atoms with van der Waals surface area (Å²) in [5, 5.41) is 10.7. The molecule has 0 radical (unpaired) electrons. The minimum Gasteiger partial charge on any atom is -0.497 e. The fraction of sp³-hybridized carbons (Fsp3) is 0.182. The molecule has 3 rings (SSSR count). The van der Waals surface area contributed by atoms with Crippen LogP contribution in [0.1, 0.15) is 30.1 Å². The van der Waals surface area contributed by atoms with E-state index in [4.69, 9.17) is 14.7 Å². The lowest BCUT2D eigenvalue weighted by atomic mass is 9.97. The number of benzene rings is 3. The van der Waals surface area contributed by atoms with Crippen molar-refractivity contribution in [1.82, 2.24) is 0 Å². The molecule has 0 heterocycles. The molecule has 0 aliphatic rings. The molecular formula is C22H14F5NO3. The van der Waals surface area contributed by atoms with E-state index in [0.717, 1.165) is 10.8 Å². The Hall–Kier alpha value is -3.67. The predicted molar refractivity (Wildman–Crippen MR) is 99.6 cm³/mol. The van der Waals surface area contributed by atoms with Crippen molar-refractivity contribution in [3.05, 3.63) is 76.6 Å². The summed E-state index contributed by atoms with van der Waals surface area (Å²) in [6.45, 7) is 1.42. The number of carbonyl (C=O) groups is 1. The van der Waals surface area contributed by atoms with E-state index in [-0.39, 0.29) is 0 Å². The fourth-order valence-corrected chi connectivity index (χ4v) is 2.99. The first-order valence-electron chi connectivity index (χ1n) is 8.88. The van der Waals surface area contributed by atoms with Crippen LogP contribution in [0.3, 0.4) is 0 Å². The zero-order chi connectivity index (χ0) is 22.9. The number of carbonyl (C=O) groups excluding carboxylic acids is 1. The molecule has 0 saturated heterocycles. The molecule has 9 heteroatoms. The maximum absolute atomic E-state index is 14.0. The number of hydrogen-bond acceptors (Lipinski definition) is 4. The van der Waals surface area contributed by atoms with Gasteiger partial charge in [0.2, 0.25) is 11.9 Å². The van der Waals surface area contributed by atoms with Crippen LogP contribution in [-0.4, -0.2) is 13.1 Å². The number of fused-ring (bicyclic) bond motifs is 1. The van der Waals surface area contributed by atoms with Crippen molar-refractivity contribution in [3.63, 3.8) is 0 Å². The average molecular weight is 435 g/mol. The van der Waals surface area contributed by atoms with E-state index >= 15 is 0 Å². The van der Waals surface area contributed by atoms with Gasteiger partial charge in [-0.05, 0) is 35.4 Å². The van der Waals surface area contributed by atoms with Crippen molar-refractivity contribution >= 4 is 16.7 Å². The highest BCUT2D eigenvalue weighted by Crippen LogP contribution is 2.32. The van der Waals surface area contributed by atoms with Crippen LogP contribution >= 0.6 is 0 Å². The molecule has 0 aliphatic heterocycles. The number of ether oxygens (including phenoxy) is 2. The molecule has 0 aliphatic carbocycles. The molecule has 0 unspecified atom stereocenters. The molecule has 2 atom stereocenters. The van der Waals surface area contributed by atoms with Crippen molar-refractivity contribution in [1.29, 1.82) is 5.26 Å². The van der Waals surface area contributed by atoms with E-state index in [1.807, 2.05) is 0 Å². The maximum Gasteiger partial charge on any atom is 0.314 e. The van der Waals surface area contributed by atoms with Gasteiger partial charge >= 0.3 is 5.97 Å². The first-order valence-corrected chi connectivity index (χ1v) is 8.88. The quantitative estimate of drug-likeness (QED) is 0.231. The molecule has 0 fully saturated rings. The number of nitriles is 1. The molecule has 160 valence electrons. The minimum absolute atomic E-state index is 0.455. The summed E-state index contributed by atoms with van der Waals surface area (Å²) in [5.41, 5.74) is -1.07. The highest BCUT2D eigenvalue weighted by molar-refractivity contribution is 5.87. The van der Waals surface area contributed by atoms with Crippen molar-refractivity contribution in [2.24, 2.45) is 0 Å². The lowest BCUT2D eigenvalue weighted by Crippen LogP contribution is -2.19. The SMILES string of the molecule is COc1ccc2cc([C@H](C)C(=O)O[C@H](C#N)c3c(F)c(F)c(F)c(F)c3F)ccc2c1. The molecule has 3 aromatic rings. The van der Waals surface area contributed by atoms with Crippen LogP contribution < -0.4 is 4.74 Å². The molecule has 0 aromatic heterocycles. The lowest BCUT2D eigenvalue weighted by Gasteiger charge is -2.17. The Kier molecular flexibility index (Phi) is 6.11. The Balaban J connectivity index is 1.90. The van der Waals surface area contributed by atoms with Gasteiger partial charge in [0.1, 0.15) is 11.8 Å². The van der Waals surface area contributed by atoms with Gasteiger partial charge in [-0.2, -0.15) is 5.26 Å². The second-order valence-electron chi connectivity index (χ2n) is 6.62. The van der Waals surface area contributed by atoms with Crippen molar-refractivity contribution in [2.45, 2.75) is 18.9 Å². The molecule has 31 heavy (non-hydrogen) atoms. The molecule has 0 amide bonds. The normalized spacial score (nSPS) is 12.8. The fourth-order valence-electron chi connectivity index (χ4n) is 2.99. The van der Waals surface area contributed by atoms with E-state index in [2.05, 4.69) is 0 Å². The number of methoxy groups -OCH3 is 1. The average Bonchev–Trinajstić information content (AvgIpc) is 2.79. The molecule has 3 aromatic carbocycles. The van der Waals surface area contributed by atoms with Gasteiger partial charge in [-0.25, -0.2) is 22.0 Å². The van der Waals surface area contributed by atoms with Crippen LogP contribution in [0.4, 0.5) is 22.0 Å². The van der Waals surface area contributed by atoms with Crippen LogP contribution in [-0.2, 0) is 9.53 Å². The first-order chi connectivity index (χ1) is 14.7. The smallest absolute Gasteiger partial charge is 0.314 e. The number of nitrogens with zero attached hydrogens (tertiary/aromatic N) is 1. The van der Waals surface area contributed by atoms with E-state index in [0.29, 0.717) is 11.3 Å². The van der Waals surface area contributed by atoms with Gasteiger partial charge < -0.3 is 9.47 Å². The third kappa shape index (κ3) is 4.01. The van der Waals surface area contributed by atoms with E-state index in [1.54, 1.807) is 36.4 Å². The van der Waals surface area contributed by atoms with Crippen LogP contribution in [0.5, 0.6) is 5.75 Å². The number of esters is 1. The zero-order valence-corrected chi connectivity index (χ0v) is 16.2. The van der Waals surface area contributed by atoms with Crippen molar-refractivity contribution in [2.75, 3.05) is 7.11 Å². The number of rotatable bonds is 5. The Bertz CT molecular complexity index is 1190. The number of hydrogen-bond donors (Lipinski definition) is 0. The number of halogens is 5. The second kappa shape index (κ2) is 8.60. The Morgan fingerprint density at radius 2 is 1.45 bits per heavy atom. The first kappa shape index (κ1) is 22.0. The third-order valence-corrected chi connectivity index (χ3v) is 4.78. The van der Waals surface area contributed by atoms with E-state index in [1.165, 1.54) is 20.1 Å². The highest BCUT2D eigenvalue weighted by Gasteiger charge is 2.33. The third-order valence-electron chi connectivity index (χ3n) is 4.78. The second-order valence-corrected chi connectivity index (χ2v) is 6.62. The molecule has 0 spiro atoms. The monoisotopic (exact) mass is 435 g/mol. The summed E-state index contributed by atoms with van der Waals surface area (Å²) in [6.07, 6.45) is -2.33. The van der Waals surface area contributed by atoms with E-state index < -0.39 is 52.6 Å². The van der Waals surface area contributed by atoms with Crippen molar-refractivity contribution < 1.29 is 36.2 Å². The van der Waals surface area contributed by atoms with Gasteiger partial charge in [0.15, 0.2) is 23.3 Å². The Labute approximate surface area is 173 Å². The summed E-state index contributed by atoms with van der Waals surface area (Å²) >= 11 is 0. The van der Waals surface area contributed by atoms with Gasteiger partial charge in [-0.15, -0.1) is 0 Å². The largest absolute Gasteiger partial charge is 0.497 e. The molecule has 4 nitrogen and oxygen atoms in total. The van der Waals surface area contributed by atoms with Crippen LogP contribution in [0, 0.1) is 40.4 Å². The lowest BCUT2D eigenvalue weighted by molar-refractivity contribution is -0.148. The van der Waals surface area contributed by atoms with Gasteiger partial charge in [0, 0.05) is 0 Å².